The molecule has 0 unspecified atom stereocenters. The number of urea groups is 1. The van der Waals surface area contributed by atoms with Gasteiger partial charge in [0.15, 0.2) is 0 Å². The molecule has 29 heavy (non-hydrogen) atoms. The highest BCUT2D eigenvalue weighted by atomic mass is 16.6. The third-order valence-electron chi connectivity index (χ3n) is 4.18. The Labute approximate surface area is 172 Å². The van der Waals surface area contributed by atoms with Gasteiger partial charge < -0.3 is 31.3 Å². The quantitative estimate of drug-likeness (QED) is 0.372. The van der Waals surface area contributed by atoms with Crippen LogP contribution in [-0.4, -0.2) is 55.7 Å². The van der Waals surface area contributed by atoms with Crippen LogP contribution in [0.5, 0.6) is 0 Å². The smallest absolute Gasteiger partial charge is 0.410 e. The summed E-state index contributed by atoms with van der Waals surface area (Å²) in [4.78, 5) is 36.2. The number of hydrogen-bond acceptors (Lipinski definition) is 5. The van der Waals surface area contributed by atoms with Gasteiger partial charge in [0.1, 0.15) is 6.61 Å². The van der Waals surface area contributed by atoms with Crippen molar-refractivity contribution in [1.82, 2.24) is 15.5 Å². The molecule has 5 N–H and O–H groups in total. The van der Waals surface area contributed by atoms with Crippen molar-refractivity contribution in [3.63, 3.8) is 0 Å². The second kappa shape index (κ2) is 14.2. The molecule has 1 aromatic rings. The topological polar surface area (TPSA) is 126 Å². The van der Waals surface area contributed by atoms with Crippen LogP contribution in [0.15, 0.2) is 24.3 Å². The summed E-state index contributed by atoms with van der Waals surface area (Å²) in [5.74, 6) is -0.0949. The summed E-state index contributed by atoms with van der Waals surface area (Å²) in [6, 6.07) is 6.62. The first-order valence-electron chi connectivity index (χ1n) is 10.0. The van der Waals surface area contributed by atoms with E-state index in [0.717, 1.165) is 18.7 Å². The van der Waals surface area contributed by atoms with Crippen LogP contribution in [0.2, 0.25) is 0 Å². The molecule has 9 nitrogen and oxygen atoms in total. The van der Waals surface area contributed by atoms with Crippen molar-refractivity contribution in [1.29, 1.82) is 0 Å². The molecule has 0 bridgehead atoms. The molecular weight excluding hydrogens is 374 g/mol. The van der Waals surface area contributed by atoms with E-state index in [1.54, 1.807) is 17.0 Å². The molecule has 0 fully saturated rings. The number of likely N-dealkylation sites (N-methyl/N-ethyl adjacent to an activating group) is 2. The number of unbranched alkanes of at least 4 members (excludes halogenated alkanes) is 1. The molecule has 1 aromatic carbocycles. The van der Waals surface area contributed by atoms with Crippen molar-refractivity contribution >= 4 is 23.7 Å². The highest BCUT2D eigenvalue weighted by molar-refractivity contribution is 5.90. The monoisotopic (exact) mass is 407 g/mol. The molecule has 0 aromatic heterocycles. The van der Waals surface area contributed by atoms with Crippen LogP contribution in [0, 0.1) is 0 Å². The molecular formula is C20H33N5O4. The van der Waals surface area contributed by atoms with Gasteiger partial charge in [-0.05, 0) is 44.0 Å². The fourth-order valence-corrected chi connectivity index (χ4v) is 2.54. The van der Waals surface area contributed by atoms with Gasteiger partial charge in [0, 0.05) is 38.3 Å². The zero-order valence-corrected chi connectivity index (χ0v) is 17.3. The molecule has 0 aliphatic heterocycles. The molecule has 0 atom stereocenters. The first-order chi connectivity index (χ1) is 14.0. The normalized spacial score (nSPS) is 10.3. The van der Waals surface area contributed by atoms with E-state index in [4.69, 9.17) is 10.5 Å². The number of ether oxygens (including phenoxy) is 1. The summed E-state index contributed by atoms with van der Waals surface area (Å²) in [7, 11) is 0. The summed E-state index contributed by atoms with van der Waals surface area (Å²) in [5, 5.41) is 8.48. The van der Waals surface area contributed by atoms with Gasteiger partial charge in [-0.1, -0.05) is 19.1 Å². The molecule has 4 amide bonds. The Hall–Kier alpha value is -2.81. The SMILES string of the molecule is CCNCCN(CC)C(=O)OCc1ccc(NC(=O)CCCCNC(N)=O)cc1. The highest BCUT2D eigenvalue weighted by Gasteiger charge is 2.12. The maximum Gasteiger partial charge on any atom is 0.410 e. The van der Waals surface area contributed by atoms with Gasteiger partial charge in [-0.2, -0.15) is 0 Å². The Kier molecular flexibility index (Phi) is 11.9. The fraction of sp³-hybridized carbons (Fsp3) is 0.550. The molecule has 0 heterocycles. The van der Waals surface area contributed by atoms with Crippen LogP contribution < -0.4 is 21.7 Å². The van der Waals surface area contributed by atoms with E-state index in [2.05, 4.69) is 16.0 Å². The largest absolute Gasteiger partial charge is 0.445 e. The first kappa shape index (κ1) is 24.2. The number of rotatable bonds is 13. The van der Waals surface area contributed by atoms with Crippen molar-refractivity contribution in [3.05, 3.63) is 29.8 Å². The molecule has 162 valence electrons. The number of nitrogens with two attached hydrogens (primary N) is 1. The lowest BCUT2D eigenvalue weighted by Crippen LogP contribution is -2.37. The van der Waals surface area contributed by atoms with E-state index >= 15 is 0 Å². The zero-order chi connectivity index (χ0) is 21.5. The maximum absolute atomic E-state index is 12.1. The van der Waals surface area contributed by atoms with E-state index in [0.29, 0.717) is 44.6 Å². The number of nitrogens with one attached hydrogen (secondary N) is 3. The van der Waals surface area contributed by atoms with Gasteiger partial charge in [-0.15, -0.1) is 0 Å². The van der Waals surface area contributed by atoms with Gasteiger partial charge >= 0.3 is 12.1 Å². The van der Waals surface area contributed by atoms with Crippen LogP contribution >= 0.6 is 0 Å². The molecule has 9 heteroatoms. The predicted octanol–water partition coefficient (Wildman–Crippen LogP) is 2.03. The van der Waals surface area contributed by atoms with Crippen molar-refractivity contribution < 1.29 is 19.1 Å². The molecule has 0 saturated heterocycles. The lowest BCUT2D eigenvalue weighted by Gasteiger charge is -2.20. The van der Waals surface area contributed by atoms with Crippen LogP contribution in [-0.2, 0) is 16.1 Å². The Bertz CT molecular complexity index is 636. The molecule has 1 rings (SSSR count). The number of nitrogens with zero attached hydrogens (tertiary/aromatic N) is 1. The summed E-state index contributed by atoms with van der Waals surface area (Å²) in [5.41, 5.74) is 6.50. The van der Waals surface area contributed by atoms with Gasteiger partial charge in [-0.25, -0.2) is 9.59 Å². The number of carbonyl (C=O) groups excluding carboxylic acids is 3. The standard InChI is InChI=1S/C20H33N5O4/c1-3-22-13-14-25(4-2)20(28)29-15-16-8-10-17(11-9-16)24-18(26)7-5-6-12-23-19(21)27/h8-11,22H,3-7,12-15H2,1-2H3,(H,24,26)(H3,21,23,27). The molecule has 0 aliphatic carbocycles. The molecule has 0 radical (unpaired) electrons. The fourth-order valence-electron chi connectivity index (χ4n) is 2.54. The van der Waals surface area contributed by atoms with Gasteiger partial charge in [-0.3, -0.25) is 4.79 Å². The number of benzene rings is 1. The molecule has 0 spiro atoms. The number of amides is 4. The Morgan fingerprint density at radius 3 is 2.41 bits per heavy atom. The minimum Gasteiger partial charge on any atom is -0.445 e. The highest BCUT2D eigenvalue weighted by Crippen LogP contribution is 2.12. The zero-order valence-electron chi connectivity index (χ0n) is 17.3. The van der Waals surface area contributed by atoms with E-state index < -0.39 is 6.03 Å². The van der Waals surface area contributed by atoms with Crippen LogP contribution in [0.25, 0.3) is 0 Å². The minimum atomic E-state index is -0.559. The average molecular weight is 408 g/mol. The van der Waals surface area contributed by atoms with E-state index in [1.165, 1.54) is 0 Å². The van der Waals surface area contributed by atoms with Crippen molar-refractivity contribution in [3.8, 4) is 0 Å². The average Bonchev–Trinajstić information content (AvgIpc) is 2.70. The van der Waals surface area contributed by atoms with Crippen LogP contribution in [0.3, 0.4) is 0 Å². The Morgan fingerprint density at radius 1 is 1.07 bits per heavy atom. The summed E-state index contributed by atoms with van der Waals surface area (Å²) < 4.78 is 5.36. The van der Waals surface area contributed by atoms with Gasteiger partial charge in [0.25, 0.3) is 0 Å². The number of hydrogen-bond donors (Lipinski definition) is 4. The second-order valence-electron chi connectivity index (χ2n) is 6.48. The van der Waals surface area contributed by atoms with E-state index in [-0.39, 0.29) is 18.6 Å². The van der Waals surface area contributed by atoms with Crippen molar-refractivity contribution in [2.45, 2.75) is 39.7 Å². The van der Waals surface area contributed by atoms with Crippen molar-refractivity contribution in [2.75, 3.05) is 38.0 Å². The Balaban J connectivity index is 2.33. The molecule has 0 saturated carbocycles. The summed E-state index contributed by atoms with van der Waals surface area (Å²) >= 11 is 0. The first-order valence-corrected chi connectivity index (χ1v) is 10.0. The summed E-state index contributed by atoms with van der Waals surface area (Å²) in [6.07, 6.45) is 1.36. The number of anilines is 1. The second-order valence-corrected chi connectivity index (χ2v) is 6.48. The number of carbonyl (C=O) groups is 3. The lowest BCUT2D eigenvalue weighted by atomic mass is 10.2. The third-order valence-corrected chi connectivity index (χ3v) is 4.18. The predicted molar refractivity (Wildman–Crippen MR) is 112 cm³/mol. The van der Waals surface area contributed by atoms with Crippen molar-refractivity contribution in [2.24, 2.45) is 5.73 Å². The lowest BCUT2D eigenvalue weighted by molar-refractivity contribution is -0.116. The van der Waals surface area contributed by atoms with Gasteiger partial charge in [0.2, 0.25) is 5.91 Å². The van der Waals surface area contributed by atoms with Gasteiger partial charge in [0.05, 0.1) is 0 Å². The third kappa shape index (κ3) is 10.9. The molecule has 0 aliphatic rings. The summed E-state index contributed by atoms with van der Waals surface area (Å²) in [6.45, 7) is 7.36. The van der Waals surface area contributed by atoms with Crippen LogP contribution in [0.1, 0.15) is 38.7 Å². The van der Waals surface area contributed by atoms with E-state index in [1.807, 2.05) is 26.0 Å². The van der Waals surface area contributed by atoms with Crippen LogP contribution in [0.4, 0.5) is 15.3 Å². The Morgan fingerprint density at radius 2 is 1.79 bits per heavy atom. The maximum atomic E-state index is 12.1. The van der Waals surface area contributed by atoms with E-state index in [9.17, 15) is 14.4 Å². The number of primary amides is 1. The minimum absolute atomic E-state index is 0.0949.